The van der Waals surface area contributed by atoms with Crippen LogP contribution >= 0.6 is 0 Å². The summed E-state index contributed by atoms with van der Waals surface area (Å²) < 4.78 is 34.1. The van der Waals surface area contributed by atoms with Gasteiger partial charge < -0.3 is 10.1 Å². The second kappa shape index (κ2) is 9.14. The molecule has 3 aromatic rings. The van der Waals surface area contributed by atoms with Crippen molar-refractivity contribution in [2.24, 2.45) is 0 Å². The minimum atomic E-state index is -3.86. The molecule has 2 aliphatic rings. The van der Waals surface area contributed by atoms with Crippen molar-refractivity contribution in [1.29, 1.82) is 0 Å². The Morgan fingerprint density at radius 2 is 1.68 bits per heavy atom. The van der Waals surface area contributed by atoms with Crippen LogP contribution in [0.5, 0.6) is 5.75 Å². The summed E-state index contributed by atoms with van der Waals surface area (Å²) in [6.45, 7) is 1.84. The number of anilines is 1. The molecular weight excluding hydrogens is 448 g/mol. The van der Waals surface area contributed by atoms with Crippen LogP contribution in [0.4, 0.5) is 5.69 Å². The molecule has 1 aliphatic carbocycles. The zero-order valence-electron chi connectivity index (χ0n) is 19.1. The molecule has 1 N–H and O–H groups in total. The maximum atomic E-state index is 13.4. The normalized spacial score (nSPS) is 18.3. The number of amides is 1. The first-order valence-corrected chi connectivity index (χ1v) is 13.1. The molecule has 1 heterocycles. The Morgan fingerprint density at radius 3 is 2.47 bits per heavy atom. The summed E-state index contributed by atoms with van der Waals surface area (Å²) in [5, 5.41) is 3.03. The van der Waals surface area contributed by atoms with Gasteiger partial charge in [0.15, 0.2) is 6.10 Å². The molecule has 0 fully saturated rings. The van der Waals surface area contributed by atoms with Gasteiger partial charge in [0.25, 0.3) is 15.9 Å². The molecule has 1 amide bonds. The molecule has 1 aliphatic heterocycles. The molecule has 0 saturated heterocycles. The van der Waals surface area contributed by atoms with Crippen LogP contribution in [-0.4, -0.2) is 27.0 Å². The van der Waals surface area contributed by atoms with Crippen molar-refractivity contribution < 1.29 is 17.9 Å². The van der Waals surface area contributed by atoms with Crippen molar-refractivity contribution in [3.05, 3.63) is 89.5 Å². The first kappa shape index (κ1) is 22.5. The molecule has 2 atom stereocenters. The molecular formula is C27H28N2O4S. The second-order valence-corrected chi connectivity index (χ2v) is 10.8. The van der Waals surface area contributed by atoms with E-state index in [1.54, 1.807) is 54.6 Å². The Morgan fingerprint density at radius 1 is 0.971 bits per heavy atom. The molecule has 0 spiro atoms. The van der Waals surface area contributed by atoms with Crippen LogP contribution < -0.4 is 14.4 Å². The van der Waals surface area contributed by atoms with E-state index in [1.165, 1.54) is 28.3 Å². The summed E-state index contributed by atoms with van der Waals surface area (Å²) >= 11 is 0. The zero-order valence-corrected chi connectivity index (χ0v) is 19.9. The predicted octanol–water partition coefficient (Wildman–Crippen LogP) is 4.40. The molecule has 0 aromatic heterocycles. The molecule has 176 valence electrons. The van der Waals surface area contributed by atoms with Crippen molar-refractivity contribution in [3.63, 3.8) is 0 Å². The molecule has 0 bridgehead atoms. The number of rotatable bonds is 5. The molecule has 6 nitrogen and oxygen atoms in total. The van der Waals surface area contributed by atoms with Crippen LogP contribution in [0.1, 0.15) is 42.5 Å². The number of fused-ring (bicyclic) bond motifs is 2. The van der Waals surface area contributed by atoms with Gasteiger partial charge in [-0.15, -0.1) is 0 Å². The Kier molecular flexibility index (Phi) is 6.04. The average Bonchev–Trinajstić information content (AvgIpc) is 2.88. The summed E-state index contributed by atoms with van der Waals surface area (Å²) in [6, 6.07) is 21.3. The summed E-state index contributed by atoms with van der Waals surface area (Å²) in [6.07, 6.45) is 3.63. The van der Waals surface area contributed by atoms with Crippen molar-refractivity contribution in [3.8, 4) is 5.75 Å². The summed E-state index contributed by atoms with van der Waals surface area (Å²) in [5.41, 5.74) is 4.22. The van der Waals surface area contributed by atoms with E-state index >= 15 is 0 Å². The van der Waals surface area contributed by atoms with Gasteiger partial charge in [-0.1, -0.05) is 48.5 Å². The van der Waals surface area contributed by atoms with E-state index < -0.39 is 16.1 Å². The number of ether oxygens (including phenoxy) is 1. The largest absolute Gasteiger partial charge is 0.476 e. The lowest BCUT2D eigenvalue weighted by molar-refractivity contribution is -0.128. The highest BCUT2D eigenvalue weighted by Crippen LogP contribution is 2.37. The highest BCUT2D eigenvalue weighted by Gasteiger charge is 2.37. The van der Waals surface area contributed by atoms with E-state index in [-0.39, 0.29) is 23.4 Å². The van der Waals surface area contributed by atoms with Crippen LogP contribution in [-0.2, 0) is 27.7 Å². The van der Waals surface area contributed by atoms with Crippen molar-refractivity contribution >= 4 is 21.6 Å². The Bertz CT molecular complexity index is 1310. The zero-order chi connectivity index (χ0) is 23.7. The number of sulfonamides is 1. The van der Waals surface area contributed by atoms with E-state index in [4.69, 9.17) is 4.74 Å². The van der Waals surface area contributed by atoms with E-state index in [2.05, 4.69) is 23.5 Å². The van der Waals surface area contributed by atoms with Gasteiger partial charge in [0.05, 0.1) is 23.2 Å². The van der Waals surface area contributed by atoms with E-state index in [0.29, 0.717) is 11.4 Å². The summed E-state index contributed by atoms with van der Waals surface area (Å²) in [7, 11) is -3.86. The van der Waals surface area contributed by atoms with Gasteiger partial charge in [0, 0.05) is 0 Å². The monoisotopic (exact) mass is 476 g/mol. The molecule has 0 radical (unpaired) electrons. The van der Waals surface area contributed by atoms with Gasteiger partial charge in [-0.25, -0.2) is 8.42 Å². The molecule has 7 heteroatoms. The average molecular weight is 477 g/mol. The third-order valence-corrected chi connectivity index (χ3v) is 8.38. The molecule has 0 unspecified atom stereocenters. The number of aryl methyl sites for hydroxylation is 2. The Labute approximate surface area is 200 Å². The number of nitrogens with one attached hydrogen (secondary N) is 1. The number of hydrogen-bond donors (Lipinski definition) is 1. The van der Waals surface area contributed by atoms with E-state index in [0.717, 1.165) is 18.4 Å². The van der Waals surface area contributed by atoms with Gasteiger partial charge in [-0.05, 0) is 73.6 Å². The van der Waals surface area contributed by atoms with Crippen LogP contribution in [0.25, 0.3) is 0 Å². The van der Waals surface area contributed by atoms with Crippen LogP contribution in [0.15, 0.2) is 77.7 Å². The fourth-order valence-electron chi connectivity index (χ4n) is 4.70. The number of hydrogen-bond acceptors (Lipinski definition) is 4. The van der Waals surface area contributed by atoms with Gasteiger partial charge >= 0.3 is 0 Å². The fourth-order valence-corrected chi connectivity index (χ4v) is 6.20. The lowest BCUT2D eigenvalue weighted by Gasteiger charge is -2.35. The maximum absolute atomic E-state index is 13.4. The summed E-state index contributed by atoms with van der Waals surface area (Å²) in [4.78, 5) is 13.4. The van der Waals surface area contributed by atoms with Crippen LogP contribution in [0.2, 0.25) is 0 Å². The topological polar surface area (TPSA) is 75.7 Å². The fraction of sp³-hybridized carbons (Fsp3) is 0.296. The van der Waals surface area contributed by atoms with Crippen LogP contribution in [0.3, 0.4) is 0 Å². The SMILES string of the molecule is C[C@@H](NC(=O)[C@H]1CN(S(=O)(=O)c2ccccc2)c2ccccc2O1)c1ccc2c(c1)CCCC2. The van der Waals surface area contributed by atoms with Crippen molar-refractivity contribution in [2.75, 3.05) is 10.8 Å². The van der Waals surface area contributed by atoms with Gasteiger partial charge in [-0.3, -0.25) is 9.10 Å². The summed E-state index contributed by atoms with van der Waals surface area (Å²) in [5.74, 6) is 0.0304. The van der Waals surface area contributed by atoms with Crippen molar-refractivity contribution in [2.45, 2.75) is 49.6 Å². The lowest BCUT2D eigenvalue weighted by atomic mass is 9.89. The standard InChI is InChI=1S/C27H28N2O4S/c1-19(21-16-15-20-9-5-6-10-22(20)17-21)28-27(30)26-18-29(24-13-7-8-14-25(24)33-26)34(31,32)23-11-3-2-4-12-23/h2-4,7-8,11-17,19,26H,5-6,9-10,18H2,1H3,(H,28,30)/t19-,26-/m1/s1. The number of carbonyl (C=O) groups excluding carboxylic acids is 1. The Balaban J connectivity index is 1.38. The second-order valence-electron chi connectivity index (χ2n) is 8.89. The number of nitrogens with zero attached hydrogens (tertiary/aromatic N) is 1. The highest BCUT2D eigenvalue weighted by molar-refractivity contribution is 7.92. The lowest BCUT2D eigenvalue weighted by Crippen LogP contribution is -2.51. The van der Waals surface area contributed by atoms with Gasteiger partial charge in [-0.2, -0.15) is 0 Å². The first-order chi connectivity index (χ1) is 16.4. The van der Waals surface area contributed by atoms with E-state index in [1.807, 2.05) is 6.92 Å². The number of benzene rings is 3. The smallest absolute Gasteiger partial charge is 0.264 e. The highest BCUT2D eigenvalue weighted by atomic mass is 32.2. The van der Waals surface area contributed by atoms with Gasteiger partial charge in [0.2, 0.25) is 0 Å². The molecule has 3 aromatic carbocycles. The van der Waals surface area contributed by atoms with Crippen molar-refractivity contribution in [1.82, 2.24) is 5.32 Å². The third kappa shape index (κ3) is 4.28. The molecule has 0 saturated carbocycles. The quantitative estimate of drug-likeness (QED) is 0.592. The third-order valence-electron chi connectivity index (χ3n) is 6.59. The molecule has 34 heavy (non-hydrogen) atoms. The minimum Gasteiger partial charge on any atom is -0.476 e. The maximum Gasteiger partial charge on any atom is 0.264 e. The Hall–Kier alpha value is -3.32. The number of carbonyl (C=O) groups is 1. The van der Waals surface area contributed by atoms with Crippen LogP contribution in [0, 0.1) is 0 Å². The number of para-hydroxylation sites is 2. The van der Waals surface area contributed by atoms with E-state index in [9.17, 15) is 13.2 Å². The van der Waals surface area contributed by atoms with Gasteiger partial charge in [0.1, 0.15) is 5.75 Å². The first-order valence-electron chi connectivity index (χ1n) is 11.7. The molecule has 5 rings (SSSR count). The minimum absolute atomic E-state index is 0.100. The predicted molar refractivity (Wildman–Crippen MR) is 131 cm³/mol.